The fraction of sp³-hybridized carbons (Fsp3) is 0.810. The molecular formula is C21H38O2. The largest absolute Gasteiger partial charge is 0.353 e. The van der Waals surface area contributed by atoms with E-state index in [0.717, 1.165) is 26.1 Å². The van der Waals surface area contributed by atoms with Gasteiger partial charge in [-0.1, -0.05) is 44.1 Å². The third-order valence-electron chi connectivity index (χ3n) is 4.24. The van der Waals surface area contributed by atoms with Gasteiger partial charge >= 0.3 is 0 Å². The Balaban J connectivity index is 1.76. The van der Waals surface area contributed by atoms with Gasteiger partial charge in [-0.2, -0.15) is 0 Å². The first kappa shape index (κ1) is 20.4. The highest BCUT2D eigenvalue weighted by Crippen LogP contribution is 2.14. The van der Waals surface area contributed by atoms with Crippen molar-refractivity contribution in [3.05, 3.63) is 24.3 Å². The van der Waals surface area contributed by atoms with Crippen LogP contribution in [0.1, 0.15) is 90.4 Å². The average molecular weight is 323 g/mol. The van der Waals surface area contributed by atoms with E-state index in [0.29, 0.717) is 0 Å². The summed E-state index contributed by atoms with van der Waals surface area (Å²) in [5.41, 5.74) is 0. The summed E-state index contributed by atoms with van der Waals surface area (Å²) in [5, 5.41) is 0. The molecule has 0 amide bonds. The number of allylic oxidation sites excluding steroid dienone is 4. The summed E-state index contributed by atoms with van der Waals surface area (Å²) in [6, 6.07) is 0. The molecule has 0 saturated carbocycles. The topological polar surface area (TPSA) is 18.5 Å². The molecule has 1 fully saturated rings. The van der Waals surface area contributed by atoms with Gasteiger partial charge < -0.3 is 9.47 Å². The standard InChI is InChI=1S/C21H38O2/c1-2-3-4-5-6-7-8-9-10-11-12-13-14-16-19-22-21-18-15-17-20-23-21/h4-5,10-11,21H,2-3,6-9,12-20H2,1H3/b5-4-,11-10-. The number of unbranched alkanes of at least 4 members (excludes halogenated alkanes) is 7. The van der Waals surface area contributed by atoms with E-state index < -0.39 is 0 Å². The van der Waals surface area contributed by atoms with E-state index in [1.807, 2.05) is 0 Å². The highest BCUT2D eigenvalue weighted by atomic mass is 16.7. The smallest absolute Gasteiger partial charge is 0.157 e. The minimum atomic E-state index is 0.0838. The van der Waals surface area contributed by atoms with Gasteiger partial charge in [0.15, 0.2) is 6.29 Å². The molecule has 23 heavy (non-hydrogen) atoms. The van der Waals surface area contributed by atoms with Crippen molar-refractivity contribution >= 4 is 0 Å². The maximum absolute atomic E-state index is 5.74. The minimum Gasteiger partial charge on any atom is -0.353 e. The molecule has 1 aliphatic rings. The molecule has 0 spiro atoms. The lowest BCUT2D eigenvalue weighted by Gasteiger charge is -2.22. The van der Waals surface area contributed by atoms with E-state index in [4.69, 9.17) is 9.47 Å². The maximum Gasteiger partial charge on any atom is 0.157 e. The molecule has 0 bridgehead atoms. The van der Waals surface area contributed by atoms with Gasteiger partial charge in [-0.25, -0.2) is 0 Å². The summed E-state index contributed by atoms with van der Waals surface area (Å²) in [6.45, 7) is 3.97. The molecule has 0 N–H and O–H groups in total. The van der Waals surface area contributed by atoms with E-state index in [1.54, 1.807) is 0 Å². The second-order valence-corrected chi connectivity index (χ2v) is 6.53. The second kappa shape index (κ2) is 16.3. The van der Waals surface area contributed by atoms with Crippen LogP contribution in [0.15, 0.2) is 24.3 Å². The number of ether oxygens (including phenoxy) is 2. The molecule has 1 heterocycles. The number of hydrogen-bond donors (Lipinski definition) is 0. The third kappa shape index (κ3) is 13.5. The summed E-state index contributed by atoms with van der Waals surface area (Å²) < 4.78 is 11.3. The van der Waals surface area contributed by atoms with Crippen LogP contribution in [0.4, 0.5) is 0 Å². The lowest BCUT2D eigenvalue weighted by atomic mass is 10.1. The van der Waals surface area contributed by atoms with Crippen LogP contribution < -0.4 is 0 Å². The van der Waals surface area contributed by atoms with Crippen molar-refractivity contribution in [3.63, 3.8) is 0 Å². The first-order valence-corrected chi connectivity index (χ1v) is 9.96. The second-order valence-electron chi connectivity index (χ2n) is 6.53. The zero-order valence-corrected chi connectivity index (χ0v) is 15.3. The first-order chi connectivity index (χ1) is 11.4. The van der Waals surface area contributed by atoms with Crippen LogP contribution in [0, 0.1) is 0 Å². The Morgan fingerprint density at radius 1 is 0.826 bits per heavy atom. The Labute approximate surface area is 144 Å². The van der Waals surface area contributed by atoms with Crippen LogP contribution >= 0.6 is 0 Å². The molecule has 0 aromatic carbocycles. The first-order valence-electron chi connectivity index (χ1n) is 9.96. The van der Waals surface area contributed by atoms with Crippen LogP contribution in [0.25, 0.3) is 0 Å². The van der Waals surface area contributed by atoms with Crippen molar-refractivity contribution in [1.82, 2.24) is 0 Å². The van der Waals surface area contributed by atoms with Crippen LogP contribution in [0.2, 0.25) is 0 Å². The van der Waals surface area contributed by atoms with Gasteiger partial charge in [0.05, 0.1) is 0 Å². The molecule has 2 nitrogen and oxygen atoms in total. The predicted octanol–water partition coefficient (Wildman–Crippen LogP) is 6.56. The van der Waals surface area contributed by atoms with Crippen LogP contribution in [0.3, 0.4) is 0 Å². The van der Waals surface area contributed by atoms with Gasteiger partial charge in [0.1, 0.15) is 0 Å². The van der Waals surface area contributed by atoms with Gasteiger partial charge in [0.25, 0.3) is 0 Å². The molecule has 1 unspecified atom stereocenters. The average Bonchev–Trinajstić information content (AvgIpc) is 2.59. The Hall–Kier alpha value is -0.600. The molecular weight excluding hydrogens is 284 g/mol. The van der Waals surface area contributed by atoms with Crippen LogP contribution in [-0.2, 0) is 9.47 Å². The Kier molecular flexibility index (Phi) is 14.5. The van der Waals surface area contributed by atoms with Crippen LogP contribution in [-0.4, -0.2) is 19.5 Å². The fourth-order valence-electron chi connectivity index (χ4n) is 2.76. The van der Waals surface area contributed by atoms with Crippen molar-refractivity contribution in [1.29, 1.82) is 0 Å². The van der Waals surface area contributed by atoms with Crippen molar-refractivity contribution in [2.24, 2.45) is 0 Å². The molecule has 1 rings (SSSR count). The lowest BCUT2D eigenvalue weighted by Crippen LogP contribution is -2.22. The summed E-state index contributed by atoms with van der Waals surface area (Å²) in [7, 11) is 0. The molecule has 1 atom stereocenters. The molecule has 0 aromatic rings. The van der Waals surface area contributed by atoms with E-state index in [9.17, 15) is 0 Å². The molecule has 1 aliphatic heterocycles. The normalized spacial score (nSPS) is 19.1. The Morgan fingerprint density at radius 3 is 2.09 bits per heavy atom. The van der Waals surface area contributed by atoms with Crippen molar-refractivity contribution in [3.8, 4) is 0 Å². The molecule has 0 radical (unpaired) electrons. The number of hydrogen-bond acceptors (Lipinski definition) is 2. The Bertz CT molecular complexity index is 290. The summed E-state index contributed by atoms with van der Waals surface area (Å²) >= 11 is 0. The Morgan fingerprint density at radius 2 is 1.48 bits per heavy atom. The molecule has 0 aromatic heterocycles. The fourth-order valence-corrected chi connectivity index (χ4v) is 2.76. The zero-order chi connectivity index (χ0) is 16.4. The van der Waals surface area contributed by atoms with Gasteiger partial charge in [0, 0.05) is 13.2 Å². The third-order valence-corrected chi connectivity index (χ3v) is 4.24. The van der Waals surface area contributed by atoms with E-state index >= 15 is 0 Å². The molecule has 0 aliphatic carbocycles. The van der Waals surface area contributed by atoms with E-state index in [1.165, 1.54) is 70.6 Å². The van der Waals surface area contributed by atoms with Gasteiger partial charge in [-0.05, 0) is 70.6 Å². The van der Waals surface area contributed by atoms with E-state index in [-0.39, 0.29) is 6.29 Å². The highest BCUT2D eigenvalue weighted by Gasteiger charge is 2.12. The number of rotatable bonds is 14. The summed E-state index contributed by atoms with van der Waals surface area (Å²) in [4.78, 5) is 0. The molecule has 134 valence electrons. The maximum atomic E-state index is 5.74. The molecule has 2 heteroatoms. The zero-order valence-electron chi connectivity index (χ0n) is 15.3. The lowest BCUT2D eigenvalue weighted by molar-refractivity contribution is -0.162. The van der Waals surface area contributed by atoms with Gasteiger partial charge in [-0.15, -0.1) is 0 Å². The quantitative estimate of drug-likeness (QED) is 0.266. The summed E-state index contributed by atoms with van der Waals surface area (Å²) in [5.74, 6) is 0. The minimum absolute atomic E-state index is 0.0838. The van der Waals surface area contributed by atoms with Crippen molar-refractivity contribution < 1.29 is 9.47 Å². The highest BCUT2D eigenvalue weighted by molar-refractivity contribution is 4.83. The van der Waals surface area contributed by atoms with Crippen molar-refractivity contribution in [2.45, 2.75) is 96.7 Å². The van der Waals surface area contributed by atoms with Crippen LogP contribution in [0.5, 0.6) is 0 Å². The van der Waals surface area contributed by atoms with E-state index in [2.05, 4.69) is 31.2 Å². The SMILES string of the molecule is CCC/C=C\CCCC/C=C\CCCCCOC1CCCCO1. The predicted molar refractivity (Wildman–Crippen MR) is 99.7 cm³/mol. The molecule has 1 saturated heterocycles. The van der Waals surface area contributed by atoms with Gasteiger partial charge in [0.2, 0.25) is 0 Å². The monoisotopic (exact) mass is 322 g/mol. The van der Waals surface area contributed by atoms with Gasteiger partial charge in [-0.3, -0.25) is 0 Å². The van der Waals surface area contributed by atoms with Crippen molar-refractivity contribution in [2.75, 3.05) is 13.2 Å². The summed E-state index contributed by atoms with van der Waals surface area (Å²) in [6.07, 6.45) is 25.6.